The lowest BCUT2D eigenvalue weighted by Gasteiger charge is -2.29. The van der Waals surface area contributed by atoms with Crippen LogP contribution in [0.3, 0.4) is 0 Å². The van der Waals surface area contributed by atoms with Gasteiger partial charge in [-0.3, -0.25) is 0 Å². The summed E-state index contributed by atoms with van der Waals surface area (Å²) in [7, 11) is 0. The SMILES string of the molecule is Cc1ccc(C)c(C2(O)CCSC2C)c1. The van der Waals surface area contributed by atoms with Crippen molar-refractivity contribution in [2.24, 2.45) is 0 Å². The Morgan fingerprint density at radius 1 is 1.40 bits per heavy atom. The fraction of sp³-hybridized carbons (Fsp3) is 0.538. The van der Waals surface area contributed by atoms with Gasteiger partial charge in [0.15, 0.2) is 0 Å². The van der Waals surface area contributed by atoms with Crippen LogP contribution in [0.5, 0.6) is 0 Å². The summed E-state index contributed by atoms with van der Waals surface area (Å²) < 4.78 is 0. The van der Waals surface area contributed by atoms with Crippen LogP contribution in [0.25, 0.3) is 0 Å². The molecule has 15 heavy (non-hydrogen) atoms. The summed E-state index contributed by atoms with van der Waals surface area (Å²) in [5.41, 5.74) is 2.95. The number of hydrogen-bond acceptors (Lipinski definition) is 2. The van der Waals surface area contributed by atoms with Crippen LogP contribution in [0.4, 0.5) is 0 Å². The molecule has 0 amide bonds. The van der Waals surface area contributed by atoms with Gasteiger partial charge in [-0.15, -0.1) is 0 Å². The fourth-order valence-corrected chi connectivity index (χ4v) is 3.59. The summed E-state index contributed by atoms with van der Waals surface area (Å²) in [5, 5.41) is 11.0. The average molecular weight is 222 g/mol. The van der Waals surface area contributed by atoms with Gasteiger partial charge < -0.3 is 5.11 Å². The Balaban J connectivity index is 2.48. The molecule has 1 nitrogen and oxygen atoms in total. The Labute approximate surface area is 95.9 Å². The van der Waals surface area contributed by atoms with Crippen LogP contribution >= 0.6 is 11.8 Å². The zero-order valence-electron chi connectivity index (χ0n) is 9.58. The van der Waals surface area contributed by atoms with Gasteiger partial charge in [0.1, 0.15) is 5.60 Å². The van der Waals surface area contributed by atoms with Crippen molar-refractivity contribution in [3.63, 3.8) is 0 Å². The van der Waals surface area contributed by atoms with E-state index in [9.17, 15) is 5.11 Å². The Hall–Kier alpha value is -0.470. The minimum atomic E-state index is -0.610. The van der Waals surface area contributed by atoms with E-state index in [0.29, 0.717) is 5.25 Å². The molecule has 1 saturated heterocycles. The minimum Gasteiger partial charge on any atom is -0.384 e. The molecular formula is C13H18OS. The first-order chi connectivity index (χ1) is 7.04. The van der Waals surface area contributed by atoms with Crippen molar-refractivity contribution in [3.8, 4) is 0 Å². The van der Waals surface area contributed by atoms with Crippen molar-refractivity contribution in [2.45, 2.75) is 38.0 Å². The molecule has 1 aromatic carbocycles. The third-order valence-electron chi connectivity index (χ3n) is 3.38. The number of aliphatic hydroxyl groups is 1. The van der Waals surface area contributed by atoms with Gasteiger partial charge in [0.25, 0.3) is 0 Å². The lowest BCUT2D eigenvalue weighted by Crippen LogP contribution is -2.32. The molecule has 1 aromatic rings. The maximum Gasteiger partial charge on any atom is 0.102 e. The molecule has 0 spiro atoms. The van der Waals surface area contributed by atoms with E-state index in [2.05, 4.69) is 39.0 Å². The first kappa shape index (κ1) is 11.0. The topological polar surface area (TPSA) is 20.2 Å². The molecule has 2 atom stereocenters. The second-order valence-electron chi connectivity index (χ2n) is 4.51. The molecule has 82 valence electrons. The molecule has 2 rings (SSSR count). The highest BCUT2D eigenvalue weighted by molar-refractivity contribution is 8.00. The van der Waals surface area contributed by atoms with E-state index in [-0.39, 0.29) is 0 Å². The van der Waals surface area contributed by atoms with Crippen molar-refractivity contribution in [3.05, 3.63) is 34.9 Å². The standard InChI is InChI=1S/C13H18OS/c1-9-4-5-10(2)12(8-9)13(14)6-7-15-11(13)3/h4-5,8,11,14H,6-7H2,1-3H3. The summed E-state index contributed by atoms with van der Waals surface area (Å²) in [6.07, 6.45) is 0.878. The molecule has 0 radical (unpaired) electrons. The predicted molar refractivity (Wildman–Crippen MR) is 66.3 cm³/mol. The number of benzene rings is 1. The van der Waals surface area contributed by atoms with Gasteiger partial charge in [0.2, 0.25) is 0 Å². The second-order valence-corrected chi connectivity index (χ2v) is 5.95. The molecule has 0 aromatic heterocycles. The monoisotopic (exact) mass is 222 g/mol. The van der Waals surface area contributed by atoms with E-state index in [1.54, 1.807) is 0 Å². The van der Waals surface area contributed by atoms with Gasteiger partial charge in [-0.25, -0.2) is 0 Å². The summed E-state index contributed by atoms with van der Waals surface area (Å²) in [5.74, 6) is 1.06. The maximum absolute atomic E-state index is 10.7. The largest absolute Gasteiger partial charge is 0.384 e. The van der Waals surface area contributed by atoms with Gasteiger partial charge in [0.05, 0.1) is 0 Å². The lowest BCUT2D eigenvalue weighted by atomic mass is 9.85. The summed E-state index contributed by atoms with van der Waals surface area (Å²) in [6.45, 7) is 6.29. The van der Waals surface area contributed by atoms with E-state index in [0.717, 1.165) is 17.7 Å². The summed E-state index contributed by atoms with van der Waals surface area (Å²) in [4.78, 5) is 0. The van der Waals surface area contributed by atoms with Gasteiger partial charge >= 0.3 is 0 Å². The first-order valence-electron chi connectivity index (χ1n) is 5.46. The van der Waals surface area contributed by atoms with Crippen molar-refractivity contribution in [2.75, 3.05) is 5.75 Å². The third kappa shape index (κ3) is 1.81. The normalized spacial score (nSPS) is 30.8. The Kier molecular flexibility index (Phi) is 2.82. The fourth-order valence-electron chi connectivity index (χ4n) is 2.29. The predicted octanol–water partition coefficient (Wildman–Crippen LogP) is 3.02. The number of aryl methyl sites for hydroxylation is 2. The van der Waals surface area contributed by atoms with E-state index >= 15 is 0 Å². The molecule has 0 aliphatic carbocycles. The maximum atomic E-state index is 10.7. The van der Waals surface area contributed by atoms with Crippen LogP contribution in [-0.4, -0.2) is 16.1 Å². The molecule has 0 saturated carbocycles. The van der Waals surface area contributed by atoms with Crippen molar-refractivity contribution >= 4 is 11.8 Å². The van der Waals surface area contributed by atoms with Crippen LogP contribution in [0.1, 0.15) is 30.0 Å². The summed E-state index contributed by atoms with van der Waals surface area (Å²) in [6, 6.07) is 6.35. The van der Waals surface area contributed by atoms with Crippen LogP contribution in [0.2, 0.25) is 0 Å². The zero-order chi connectivity index (χ0) is 11.1. The van der Waals surface area contributed by atoms with Crippen molar-refractivity contribution < 1.29 is 5.11 Å². The lowest BCUT2D eigenvalue weighted by molar-refractivity contribution is 0.0420. The summed E-state index contributed by atoms with van der Waals surface area (Å²) >= 11 is 1.86. The van der Waals surface area contributed by atoms with Crippen LogP contribution in [0.15, 0.2) is 18.2 Å². The molecule has 1 heterocycles. The number of thioether (sulfide) groups is 1. The van der Waals surface area contributed by atoms with E-state index in [4.69, 9.17) is 0 Å². The Morgan fingerprint density at radius 2 is 2.13 bits per heavy atom. The number of hydrogen-bond donors (Lipinski definition) is 1. The Morgan fingerprint density at radius 3 is 2.73 bits per heavy atom. The average Bonchev–Trinajstić information content (AvgIpc) is 2.52. The van der Waals surface area contributed by atoms with Crippen molar-refractivity contribution in [1.82, 2.24) is 0 Å². The quantitative estimate of drug-likeness (QED) is 0.788. The molecule has 2 unspecified atom stereocenters. The molecule has 1 aliphatic rings. The van der Waals surface area contributed by atoms with Gasteiger partial charge in [-0.1, -0.05) is 30.7 Å². The van der Waals surface area contributed by atoms with E-state index in [1.807, 2.05) is 11.8 Å². The molecular weight excluding hydrogens is 204 g/mol. The van der Waals surface area contributed by atoms with Gasteiger partial charge in [-0.05, 0) is 37.1 Å². The highest BCUT2D eigenvalue weighted by Crippen LogP contribution is 2.44. The van der Waals surface area contributed by atoms with Gasteiger partial charge in [-0.2, -0.15) is 11.8 Å². The smallest absolute Gasteiger partial charge is 0.102 e. The Bertz CT molecular complexity index is 375. The molecule has 2 heteroatoms. The van der Waals surface area contributed by atoms with Crippen LogP contribution in [0, 0.1) is 13.8 Å². The minimum absolute atomic E-state index is 0.304. The van der Waals surface area contributed by atoms with E-state index in [1.165, 1.54) is 11.1 Å². The molecule has 1 aliphatic heterocycles. The second kappa shape index (κ2) is 3.84. The number of rotatable bonds is 1. The zero-order valence-corrected chi connectivity index (χ0v) is 10.4. The van der Waals surface area contributed by atoms with Gasteiger partial charge in [0, 0.05) is 5.25 Å². The van der Waals surface area contributed by atoms with Crippen molar-refractivity contribution in [1.29, 1.82) is 0 Å². The molecule has 1 fully saturated rings. The van der Waals surface area contributed by atoms with E-state index < -0.39 is 5.60 Å². The molecule has 0 bridgehead atoms. The third-order valence-corrected chi connectivity index (χ3v) is 4.71. The molecule has 1 N–H and O–H groups in total. The highest BCUT2D eigenvalue weighted by atomic mass is 32.2. The first-order valence-corrected chi connectivity index (χ1v) is 6.50. The highest BCUT2D eigenvalue weighted by Gasteiger charge is 2.41. The van der Waals surface area contributed by atoms with Crippen LogP contribution in [-0.2, 0) is 5.60 Å². The van der Waals surface area contributed by atoms with Crippen LogP contribution < -0.4 is 0 Å².